The van der Waals surface area contributed by atoms with E-state index in [1.807, 2.05) is 24.3 Å². The molecule has 1 aliphatic rings. The van der Waals surface area contributed by atoms with E-state index in [4.69, 9.17) is 5.73 Å². The number of rotatable bonds is 2. The Morgan fingerprint density at radius 1 is 1.04 bits per heavy atom. The van der Waals surface area contributed by atoms with Crippen LogP contribution in [0.3, 0.4) is 0 Å². The van der Waals surface area contributed by atoms with Gasteiger partial charge in [0.15, 0.2) is 0 Å². The van der Waals surface area contributed by atoms with Crippen LogP contribution in [0, 0.1) is 6.92 Å². The van der Waals surface area contributed by atoms with E-state index in [2.05, 4.69) is 53.2 Å². The second-order valence-corrected chi connectivity index (χ2v) is 6.87. The highest BCUT2D eigenvalue weighted by Crippen LogP contribution is 2.43. The van der Waals surface area contributed by atoms with Gasteiger partial charge in [0, 0.05) is 11.4 Å². The lowest BCUT2D eigenvalue weighted by atomic mass is 10.2. The Bertz CT molecular complexity index is 881. The number of nitrogens with zero attached hydrogens (tertiary/aromatic N) is 2. The Hall–Kier alpha value is -2.59. The van der Waals surface area contributed by atoms with E-state index >= 15 is 0 Å². The van der Waals surface area contributed by atoms with Gasteiger partial charge in [0.05, 0.1) is 16.9 Å². The Labute approximate surface area is 139 Å². The van der Waals surface area contributed by atoms with Crippen LogP contribution in [0.1, 0.15) is 16.0 Å². The van der Waals surface area contributed by atoms with Gasteiger partial charge in [-0.25, -0.2) is 4.99 Å². The predicted octanol–water partition coefficient (Wildman–Crippen LogP) is 4.75. The van der Waals surface area contributed by atoms with E-state index in [9.17, 15) is 0 Å². The standard InChI is InChI=1S/C19H17N3S/c1-13-11-15-18(20)21-16-9-5-6-10-17(16)22(19(15)23-13)12-14-7-3-2-4-8-14/h2-11H,12H2,1H3,(H2,20,21). The minimum atomic E-state index is 0.590. The van der Waals surface area contributed by atoms with Crippen molar-refractivity contribution in [3.05, 3.63) is 76.7 Å². The summed E-state index contributed by atoms with van der Waals surface area (Å²) in [4.78, 5) is 8.21. The molecule has 4 heteroatoms. The quantitative estimate of drug-likeness (QED) is 0.741. The van der Waals surface area contributed by atoms with Crippen molar-refractivity contribution >= 4 is 33.5 Å². The number of nitrogens with two attached hydrogens (primary N) is 1. The number of para-hydroxylation sites is 2. The first kappa shape index (κ1) is 14.0. The predicted molar refractivity (Wildman–Crippen MR) is 98.2 cm³/mol. The highest BCUT2D eigenvalue weighted by molar-refractivity contribution is 7.16. The van der Waals surface area contributed by atoms with Crippen molar-refractivity contribution in [3.63, 3.8) is 0 Å². The van der Waals surface area contributed by atoms with E-state index < -0.39 is 0 Å². The van der Waals surface area contributed by atoms with Crippen LogP contribution >= 0.6 is 11.3 Å². The van der Waals surface area contributed by atoms with E-state index in [1.165, 1.54) is 10.4 Å². The van der Waals surface area contributed by atoms with Gasteiger partial charge in [-0.05, 0) is 30.7 Å². The molecule has 3 nitrogen and oxygen atoms in total. The second-order valence-electron chi connectivity index (χ2n) is 5.63. The van der Waals surface area contributed by atoms with Crippen LogP contribution in [-0.4, -0.2) is 5.84 Å². The zero-order chi connectivity index (χ0) is 15.8. The number of aliphatic imine (C=N–C) groups is 1. The lowest BCUT2D eigenvalue weighted by molar-refractivity contribution is 0.988. The molecule has 2 N–H and O–H groups in total. The Kier molecular flexibility index (Phi) is 3.39. The zero-order valence-electron chi connectivity index (χ0n) is 12.9. The van der Waals surface area contributed by atoms with Crippen LogP contribution < -0.4 is 10.6 Å². The Morgan fingerprint density at radius 2 is 1.78 bits per heavy atom. The number of benzene rings is 2. The highest BCUT2D eigenvalue weighted by atomic mass is 32.1. The number of anilines is 2. The summed E-state index contributed by atoms with van der Waals surface area (Å²) < 4.78 is 0. The zero-order valence-corrected chi connectivity index (χ0v) is 13.7. The molecule has 0 radical (unpaired) electrons. The molecule has 0 unspecified atom stereocenters. The van der Waals surface area contributed by atoms with Gasteiger partial charge in [-0.3, -0.25) is 0 Å². The minimum Gasteiger partial charge on any atom is -0.383 e. The second kappa shape index (κ2) is 5.56. The first-order chi connectivity index (χ1) is 11.2. The summed E-state index contributed by atoms with van der Waals surface area (Å²) in [5, 5.41) is 1.16. The van der Waals surface area contributed by atoms with Crippen molar-refractivity contribution < 1.29 is 0 Å². The maximum atomic E-state index is 6.26. The van der Waals surface area contributed by atoms with Gasteiger partial charge >= 0.3 is 0 Å². The van der Waals surface area contributed by atoms with Gasteiger partial charge < -0.3 is 10.6 Å². The summed E-state index contributed by atoms with van der Waals surface area (Å²) in [7, 11) is 0. The third-order valence-corrected chi connectivity index (χ3v) is 5.03. The summed E-state index contributed by atoms with van der Waals surface area (Å²) in [5.74, 6) is 0.590. The average molecular weight is 319 g/mol. The molecule has 1 aromatic heterocycles. The van der Waals surface area contributed by atoms with E-state index in [1.54, 1.807) is 11.3 Å². The average Bonchev–Trinajstić information content (AvgIpc) is 2.92. The van der Waals surface area contributed by atoms with Gasteiger partial charge in [-0.15, -0.1) is 11.3 Å². The van der Waals surface area contributed by atoms with Crippen LogP contribution in [0.15, 0.2) is 65.7 Å². The molecule has 2 aromatic carbocycles. The molecule has 0 fully saturated rings. The normalized spacial score (nSPS) is 13.1. The number of fused-ring (bicyclic) bond motifs is 2. The largest absolute Gasteiger partial charge is 0.383 e. The molecule has 2 heterocycles. The maximum absolute atomic E-state index is 6.26. The molecule has 0 amide bonds. The highest BCUT2D eigenvalue weighted by Gasteiger charge is 2.24. The molecule has 3 aromatic rings. The lowest BCUT2D eigenvalue weighted by Crippen LogP contribution is -2.18. The van der Waals surface area contributed by atoms with Crippen molar-refractivity contribution in [2.45, 2.75) is 13.5 Å². The van der Waals surface area contributed by atoms with Crippen molar-refractivity contribution in [1.29, 1.82) is 0 Å². The topological polar surface area (TPSA) is 41.6 Å². The summed E-state index contributed by atoms with van der Waals surface area (Å²) in [6.45, 7) is 2.91. The van der Waals surface area contributed by atoms with Crippen molar-refractivity contribution in [2.75, 3.05) is 4.90 Å². The summed E-state index contributed by atoms with van der Waals surface area (Å²) in [6.07, 6.45) is 0. The van der Waals surface area contributed by atoms with E-state index in [0.29, 0.717) is 5.84 Å². The number of hydrogen-bond acceptors (Lipinski definition) is 4. The smallest absolute Gasteiger partial charge is 0.134 e. The van der Waals surface area contributed by atoms with Crippen LogP contribution in [0.5, 0.6) is 0 Å². The van der Waals surface area contributed by atoms with Gasteiger partial charge in [0.2, 0.25) is 0 Å². The fourth-order valence-corrected chi connectivity index (χ4v) is 3.92. The third-order valence-electron chi connectivity index (χ3n) is 3.95. The molecular formula is C19H17N3S. The molecule has 0 saturated heterocycles. The first-order valence-corrected chi connectivity index (χ1v) is 8.39. The Morgan fingerprint density at radius 3 is 2.61 bits per heavy atom. The van der Waals surface area contributed by atoms with Crippen molar-refractivity contribution in [2.24, 2.45) is 10.7 Å². The lowest BCUT2D eigenvalue weighted by Gasteiger charge is -2.24. The molecule has 114 valence electrons. The van der Waals surface area contributed by atoms with E-state index in [-0.39, 0.29) is 0 Å². The number of hydrogen-bond donors (Lipinski definition) is 1. The van der Waals surface area contributed by atoms with Gasteiger partial charge in [-0.2, -0.15) is 0 Å². The van der Waals surface area contributed by atoms with Crippen LogP contribution in [-0.2, 0) is 6.54 Å². The summed E-state index contributed by atoms with van der Waals surface area (Å²) in [5.41, 5.74) is 10.6. The van der Waals surface area contributed by atoms with Crippen LogP contribution in [0.4, 0.5) is 16.4 Å². The molecule has 0 bridgehead atoms. The first-order valence-electron chi connectivity index (χ1n) is 7.58. The molecule has 0 saturated carbocycles. The molecule has 1 aliphatic heterocycles. The molecule has 0 spiro atoms. The van der Waals surface area contributed by atoms with Gasteiger partial charge in [-0.1, -0.05) is 42.5 Å². The number of amidine groups is 1. The van der Waals surface area contributed by atoms with Crippen molar-refractivity contribution in [1.82, 2.24) is 0 Å². The molecule has 0 aliphatic carbocycles. The molecule has 0 atom stereocenters. The van der Waals surface area contributed by atoms with Crippen molar-refractivity contribution in [3.8, 4) is 0 Å². The van der Waals surface area contributed by atoms with Crippen LogP contribution in [0.25, 0.3) is 0 Å². The fraction of sp³-hybridized carbons (Fsp3) is 0.105. The molecular weight excluding hydrogens is 302 g/mol. The summed E-state index contributed by atoms with van der Waals surface area (Å²) >= 11 is 1.76. The van der Waals surface area contributed by atoms with Crippen LogP contribution in [0.2, 0.25) is 0 Å². The van der Waals surface area contributed by atoms with Gasteiger partial charge in [0.25, 0.3) is 0 Å². The van der Waals surface area contributed by atoms with E-state index in [0.717, 1.165) is 28.5 Å². The Balaban J connectivity index is 1.90. The number of aryl methyl sites for hydroxylation is 1. The number of thiophene rings is 1. The SMILES string of the molecule is Cc1cc2c(s1)N(Cc1ccccc1)c1ccccc1N=C2N. The summed E-state index contributed by atoms with van der Waals surface area (Å²) in [6, 6.07) is 20.8. The molecule has 23 heavy (non-hydrogen) atoms. The fourth-order valence-electron chi connectivity index (χ4n) is 2.90. The van der Waals surface area contributed by atoms with Gasteiger partial charge in [0.1, 0.15) is 10.8 Å². The minimum absolute atomic E-state index is 0.590. The monoisotopic (exact) mass is 319 g/mol. The third kappa shape index (κ3) is 2.51. The maximum Gasteiger partial charge on any atom is 0.134 e. The molecule has 4 rings (SSSR count).